The summed E-state index contributed by atoms with van der Waals surface area (Å²) in [6, 6.07) is 1.30. The molecular formula is C18H26N4O3S. The molecule has 0 bridgehead atoms. The Balaban J connectivity index is 2.05. The standard InChI is InChI=1S/C18H26N4O3S/c1-12(2)11-14(20-16(24)13-7-5-3-4-6-8-13)15(23)17-21-22-18(25-17)26-10-9-19/h12-14H,3-8,10-11H2,1-2H3,(H,20,24)/t14-/m0/s1. The van der Waals surface area contributed by atoms with Gasteiger partial charge < -0.3 is 9.73 Å². The van der Waals surface area contributed by atoms with Gasteiger partial charge in [-0.1, -0.05) is 51.3 Å². The van der Waals surface area contributed by atoms with Gasteiger partial charge in [-0.25, -0.2) is 0 Å². The van der Waals surface area contributed by atoms with Crippen molar-refractivity contribution in [2.45, 2.75) is 70.1 Å². The lowest BCUT2D eigenvalue weighted by Crippen LogP contribution is -2.44. The van der Waals surface area contributed by atoms with Crippen LogP contribution in [-0.2, 0) is 4.79 Å². The van der Waals surface area contributed by atoms with E-state index in [1.165, 1.54) is 12.8 Å². The zero-order valence-corrected chi connectivity index (χ0v) is 16.2. The number of thioether (sulfide) groups is 1. The van der Waals surface area contributed by atoms with Crippen molar-refractivity contribution in [1.29, 1.82) is 5.26 Å². The Hall–Kier alpha value is -1.88. The van der Waals surface area contributed by atoms with Crippen molar-refractivity contribution >= 4 is 23.5 Å². The minimum absolute atomic E-state index is 0.0237. The van der Waals surface area contributed by atoms with Crippen LogP contribution in [0.1, 0.15) is 69.5 Å². The second kappa shape index (κ2) is 10.3. The Labute approximate surface area is 158 Å². The molecule has 0 aromatic carbocycles. The zero-order valence-electron chi connectivity index (χ0n) is 15.4. The average molecular weight is 378 g/mol. The van der Waals surface area contributed by atoms with Gasteiger partial charge in [-0.05, 0) is 25.2 Å². The Morgan fingerprint density at radius 3 is 2.58 bits per heavy atom. The normalized spacial score (nSPS) is 16.7. The fourth-order valence-corrected chi connectivity index (χ4v) is 3.57. The molecule has 1 amide bonds. The number of aromatic nitrogens is 2. The van der Waals surface area contributed by atoms with E-state index in [1.54, 1.807) is 0 Å². The summed E-state index contributed by atoms with van der Waals surface area (Å²) in [5, 5.41) is 19.3. The van der Waals surface area contributed by atoms with Gasteiger partial charge >= 0.3 is 0 Å². The van der Waals surface area contributed by atoms with Crippen LogP contribution in [0.4, 0.5) is 0 Å². The van der Waals surface area contributed by atoms with Gasteiger partial charge in [-0.2, -0.15) is 5.26 Å². The summed E-state index contributed by atoms with van der Waals surface area (Å²) in [4.78, 5) is 25.4. The summed E-state index contributed by atoms with van der Waals surface area (Å²) in [5.41, 5.74) is 0. The van der Waals surface area contributed by atoms with E-state index in [9.17, 15) is 9.59 Å². The first-order chi connectivity index (χ1) is 12.5. The highest BCUT2D eigenvalue weighted by atomic mass is 32.2. The first-order valence-corrected chi connectivity index (χ1v) is 10.2. The van der Waals surface area contributed by atoms with Crippen LogP contribution in [0.3, 0.4) is 0 Å². The average Bonchev–Trinajstić information content (AvgIpc) is 2.90. The summed E-state index contributed by atoms with van der Waals surface area (Å²) in [6.07, 6.45) is 6.73. The van der Waals surface area contributed by atoms with Crippen molar-refractivity contribution in [3.05, 3.63) is 5.89 Å². The van der Waals surface area contributed by atoms with Crippen LogP contribution < -0.4 is 5.32 Å². The fraction of sp³-hybridized carbons (Fsp3) is 0.722. The minimum Gasteiger partial charge on any atom is -0.408 e. The third-order valence-electron chi connectivity index (χ3n) is 4.44. The summed E-state index contributed by atoms with van der Waals surface area (Å²) in [7, 11) is 0. The number of carbonyl (C=O) groups is 2. The van der Waals surface area contributed by atoms with Crippen molar-refractivity contribution < 1.29 is 14.0 Å². The molecule has 142 valence electrons. The van der Waals surface area contributed by atoms with Crippen LogP contribution in [0.5, 0.6) is 0 Å². The molecule has 2 rings (SSSR count). The van der Waals surface area contributed by atoms with Crippen LogP contribution in [0.25, 0.3) is 0 Å². The SMILES string of the molecule is CC(C)C[C@H](NC(=O)C1CCCCCC1)C(=O)c1nnc(SCC#N)o1. The van der Waals surface area contributed by atoms with Crippen LogP contribution >= 0.6 is 11.8 Å². The largest absolute Gasteiger partial charge is 0.408 e. The minimum atomic E-state index is -0.667. The molecule has 0 aliphatic heterocycles. The predicted molar refractivity (Wildman–Crippen MR) is 97.5 cm³/mol. The number of carbonyl (C=O) groups excluding carboxylic acids is 2. The first-order valence-electron chi connectivity index (χ1n) is 9.19. The molecule has 26 heavy (non-hydrogen) atoms. The monoisotopic (exact) mass is 378 g/mol. The second-order valence-electron chi connectivity index (χ2n) is 7.06. The molecule has 0 radical (unpaired) electrons. The van der Waals surface area contributed by atoms with Crippen LogP contribution in [-0.4, -0.2) is 33.7 Å². The van der Waals surface area contributed by atoms with E-state index in [4.69, 9.17) is 9.68 Å². The summed E-state index contributed by atoms with van der Waals surface area (Å²) in [6.45, 7) is 4.00. The third-order valence-corrected chi connectivity index (χ3v) is 5.13. The number of nitrogens with zero attached hydrogens (tertiary/aromatic N) is 3. The first kappa shape index (κ1) is 20.4. The van der Waals surface area contributed by atoms with Gasteiger partial charge in [-0.3, -0.25) is 9.59 Å². The van der Waals surface area contributed by atoms with E-state index >= 15 is 0 Å². The zero-order chi connectivity index (χ0) is 18.9. The molecule has 1 aromatic rings. The predicted octanol–water partition coefficient (Wildman–Crippen LogP) is 3.37. The number of Topliss-reactive ketones (excluding diaryl/α,β-unsaturated/α-hetero) is 1. The molecule has 1 saturated carbocycles. The second-order valence-corrected chi connectivity index (χ2v) is 7.99. The Kier molecular flexibility index (Phi) is 8.10. The molecule has 1 heterocycles. The number of hydrogen-bond acceptors (Lipinski definition) is 7. The Morgan fingerprint density at radius 1 is 1.27 bits per heavy atom. The van der Waals surface area contributed by atoms with Gasteiger partial charge in [0.15, 0.2) is 0 Å². The molecule has 1 aliphatic rings. The lowest BCUT2D eigenvalue weighted by Gasteiger charge is -2.21. The van der Waals surface area contributed by atoms with Gasteiger partial charge in [0.1, 0.15) is 0 Å². The maximum Gasteiger partial charge on any atom is 0.286 e. The number of amides is 1. The molecule has 1 aliphatic carbocycles. The maximum absolute atomic E-state index is 12.8. The highest BCUT2D eigenvalue weighted by Gasteiger charge is 2.30. The number of rotatable bonds is 8. The van der Waals surface area contributed by atoms with Crippen molar-refractivity contribution in [3.63, 3.8) is 0 Å². The fourth-order valence-electron chi connectivity index (χ4n) is 3.14. The maximum atomic E-state index is 12.8. The van der Waals surface area contributed by atoms with Gasteiger partial charge in [-0.15, -0.1) is 10.2 Å². The van der Waals surface area contributed by atoms with E-state index < -0.39 is 6.04 Å². The van der Waals surface area contributed by atoms with E-state index in [1.807, 2.05) is 19.9 Å². The molecule has 0 spiro atoms. The van der Waals surface area contributed by atoms with Crippen molar-refractivity contribution in [2.24, 2.45) is 11.8 Å². The van der Waals surface area contributed by atoms with Crippen molar-refractivity contribution in [2.75, 3.05) is 5.75 Å². The molecule has 1 N–H and O–H groups in total. The summed E-state index contributed by atoms with van der Waals surface area (Å²) < 4.78 is 5.35. The van der Waals surface area contributed by atoms with E-state index in [-0.39, 0.29) is 40.4 Å². The highest BCUT2D eigenvalue weighted by Crippen LogP contribution is 2.24. The van der Waals surface area contributed by atoms with Gasteiger partial charge in [0.05, 0.1) is 17.9 Å². The van der Waals surface area contributed by atoms with Gasteiger partial charge in [0.25, 0.3) is 11.1 Å². The Bertz CT molecular complexity index is 645. The van der Waals surface area contributed by atoms with Crippen LogP contribution in [0.15, 0.2) is 9.64 Å². The lowest BCUT2D eigenvalue weighted by atomic mass is 9.96. The quantitative estimate of drug-likeness (QED) is 0.419. The van der Waals surface area contributed by atoms with Gasteiger partial charge in [0.2, 0.25) is 11.7 Å². The highest BCUT2D eigenvalue weighted by molar-refractivity contribution is 7.99. The Morgan fingerprint density at radius 2 is 1.96 bits per heavy atom. The number of hydrogen-bond donors (Lipinski definition) is 1. The summed E-state index contributed by atoms with van der Waals surface area (Å²) in [5.74, 6) is -0.152. The topological polar surface area (TPSA) is 109 Å². The van der Waals surface area contributed by atoms with Crippen LogP contribution in [0.2, 0.25) is 0 Å². The van der Waals surface area contributed by atoms with E-state index in [0.29, 0.717) is 6.42 Å². The molecule has 1 fully saturated rings. The molecule has 1 atom stereocenters. The molecule has 1 aromatic heterocycles. The third kappa shape index (κ3) is 6.13. The van der Waals surface area contributed by atoms with E-state index in [0.717, 1.165) is 37.4 Å². The number of nitrogens with one attached hydrogen (secondary N) is 1. The van der Waals surface area contributed by atoms with Crippen LogP contribution in [0, 0.1) is 23.2 Å². The number of ketones is 1. The van der Waals surface area contributed by atoms with Gasteiger partial charge in [0, 0.05) is 5.92 Å². The summed E-state index contributed by atoms with van der Waals surface area (Å²) >= 11 is 1.08. The number of nitriles is 1. The molecule has 7 nitrogen and oxygen atoms in total. The molecular weight excluding hydrogens is 352 g/mol. The van der Waals surface area contributed by atoms with E-state index in [2.05, 4.69) is 15.5 Å². The van der Waals surface area contributed by atoms with Crippen molar-refractivity contribution in [3.8, 4) is 6.07 Å². The smallest absolute Gasteiger partial charge is 0.286 e. The molecule has 0 unspecified atom stereocenters. The van der Waals surface area contributed by atoms with Crippen molar-refractivity contribution in [1.82, 2.24) is 15.5 Å². The molecule has 8 heteroatoms. The molecule has 0 saturated heterocycles. The lowest BCUT2D eigenvalue weighted by molar-refractivity contribution is -0.126.